The predicted octanol–water partition coefficient (Wildman–Crippen LogP) is -2.88. The number of hydrogen-bond acceptors (Lipinski definition) is 26. The Morgan fingerprint density at radius 3 is 2.11 bits per heavy atom. The summed E-state index contributed by atoms with van der Waals surface area (Å²) in [5, 5.41) is 120. The summed E-state index contributed by atoms with van der Waals surface area (Å²) >= 11 is 1.34. The molecule has 35 heteroatoms. The van der Waals surface area contributed by atoms with Gasteiger partial charge in [-0.05, 0) is 74.9 Å². The number of morpholine rings is 1. The average Bonchev–Trinajstić information content (AvgIpc) is 1.75. The number of β-amino-alcohol motifs (C(OH)–C–C–N with tert-alkyl or cyclic N) is 1. The van der Waals surface area contributed by atoms with Crippen LogP contribution in [0.15, 0.2) is 72.9 Å². The summed E-state index contributed by atoms with van der Waals surface area (Å²) in [5.41, 5.74) is 8.08. The Labute approximate surface area is 538 Å². The highest BCUT2D eigenvalue weighted by Gasteiger charge is 2.50. The number of hydrogen-bond donors (Lipinski definition) is 15. The fourth-order valence-electron chi connectivity index (χ4n) is 11.6. The number of nitrogens with one attached hydrogen (secondary N) is 5. The molecule has 502 valence electrons. The lowest BCUT2D eigenvalue weighted by atomic mass is 9.96. The van der Waals surface area contributed by atoms with Crippen LogP contribution in [0.5, 0.6) is 11.5 Å². The molecule has 4 fully saturated rings. The highest BCUT2D eigenvalue weighted by Crippen LogP contribution is 2.35. The van der Waals surface area contributed by atoms with E-state index >= 15 is 0 Å². The summed E-state index contributed by atoms with van der Waals surface area (Å²) in [6, 6.07) is 4.76. The van der Waals surface area contributed by atoms with Crippen LogP contribution in [0.1, 0.15) is 69.0 Å². The minimum absolute atomic E-state index is 0.0105. The van der Waals surface area contributed by atoms with Crippen LogP contribution in [0.3, 0.4) is 0 Å². The molecule has 13 unspecified atom stereocenters. The van der Waals surface area contributed by atoms with Gasteiger partial charge in [0, 0.05) is 73.9 Å². The van der Waals surface area contributed by atoms with Gasteiger partial charge in [0.25, 0.3) is 18.2 Å². The van der Waals surface area contributed by atoms with Gasteiger partial charge in [0.1, 0.15) is 53.5 Å². The number of imidazole rings is 1. The molecule has 8 amide bonds. The molecular formula is C58H72N12O21S2. The van der Waals surface area contributed by atoms with E-state index in [1.807, 2.05) is 38.1 Å². The number of aromatic nitrogens is 3. The number of ether oxygens (including phenoxy) is 1. The van der Waals surface area contributed by atoms with Crippen LogP contribution in [-0.2, 0) is 47.7 Å². The molecule has 0 saturated carbocycles. The fourth-order valence-corrected chi connectivity index (χ4v) is 12.8. The minimum atomic E-state index is -2.53. The number of phenolic OH excluding ortho intramolecular Hbond substituents is 1. The number of fused-ring (bicyclic) bond motifs is 3. The second-order valence-corrected chi connectivity index (χ2v) is 24.8. The normalized spacial score (nSPS) is 27.6. The van der Waals surface area contributed by atoms with Crippen LogP contribution in [0, 0.1) is 5.92 Å². The molecule has 16 atom stereocenters. The van der Waals surface area contributed by atoms with Crippen molar-refractivity contribution >= 4 is 81.6 Å². The van der Waals surface area contributed by atoms with Crippen molar-refractivity contribution in [3.8, 4) is 33.3 Å². The first-order valence-corrected chi connectivity index (χ1v) is 31.0. The number of aliphatic hydroxyl groups excluding tert-OH is 7. The number of nitrogens with two attached hydrogens (primary N) is 1. The number of aliphatic hydroxyl groups is 7. The van der Waals surface area contributed by atoms with Gasteiger partial charge >= 0.3 is 0 Å². The molecule has 0 aliphatic carbocycles. The number of benzene rings is 3. The topological polar surface area (TPSA) is 482 Å². The summed E-state index contributed by atoms with van der Waals surface area (Å²) in [6.45, 7) is 6.31. The zero-order valence-electron chi connectivity index (χ0n) is 50.3. The largest absolute Gasteiger partial charge is 0.504 e. The summed E-state index contributed by atoms with van der Waals surface area (Å²) < 4.78 is 16.7. The van der Waals surface area contributed by atoms with Crippen molar-refractivity contribution in [2.75, 3.05) is 37.6 Å². The van der Waals surface area contributed by atoms with Gasteiger partial charge in [-0.1, -0.05) is 45.8 Å². The monoisotopic (exact) mass is 1340 g/mol. The number of nitrogens with zero attached hydrogens (tertiary/aromatic N) is 6. The first kappa shape index (κ1) is 69.2. The lowest BCUT2D eigenvalue weighted by molar-refractivity contribution is -0.433. The molecule has 0 radical (unpaired) electrons. The maximum atomic E-state index is 14.7. The van der Waals surface area contributed by atoms with Crippen molar-refractivity contribution in [2.24, 2.45) is 11.7 Å². The van der Waals surface area contributed by atoms with E-state index in [1.54, 1.807) is 22.8 Å². The van der Waals surface area contributed by atoms with Crippen molar-refractivity contribution in [1.29, 1.82) is 0 Å². The van der Waals surface area contributed by atoms with E-state index in [2.05, 4.69) is 40.9 Å². The number of rotatable bonds is 16. The molecule has 9 rings (SSSR count). The van der Waals surface area contributed by atoms with Gasteiger partial charge in [-0.15, -0.1) is 0 Å². The van der Waals surface area contributed by atoms with Crippen LogP contribution in [-0.4, -0.2) is 236 Å². The van der Waals surface area contributed by atoms with Gasteiger partial charge in [0.05, 0.1) is 61.0 Å². The first-order valence-electron chi connectivity index (χ1n) is 29.5. The van der Waals surface area contributed by atoms with Gasteiger partial charge in [-0.3, -0.25) is 38.4 Å². The fraction of sp³-hybridized carbons (Fsp3) is 0.483. The lowest BCUT2D eigenvalue weighted by Crippen LogP contribution is -2.64. The van der Waals surface area contributed by atoms with Crippen LogP contribution >= 0.6 is 23.7 Å². The molecule has 4 saturated heterocycles. The minimum Gasteiger partial charge on any atom is -0.504 e. The van der Waals surface area contributed by atoms with E-state index < -0.39 is 183 Å². The zero-order valence-corrected chi connectivity index (χ0v) is 52.0. The van der Waals surface area contributed by atoms with Gasteiger partial charge in [-0.25, -0.2) is 14.8 Å². The van der Waals surface area contributed by atoms with Crippen molar-refractivity contribution in [3.05, 3.63) is 84.1 Å². The molecule has 2 aromatic heterocycles. The Morgan fingerprint density at radius 2 is 1.45 bits per heavy atom. The van der Waals surface area contributed by atoms with E-state index in [0.717, 1.165) is 64.3 Å². The number of amides is 8. The average molecular weight is 1340 g/mol. The summed E-state index contributed by atoms with van der Waals surface area (Å²) in [4.78, 5) is 123. The Bertz CT molecular complexity index is 3510. The number of aromatic hydroxyl groups is 1. The second kappa shape index (κ2) is 29.8. The number of carbonyl (C=O) groups is 8. The number of carbonyl (C=O) groups excluding carboxylic acids is 8. The molecule has 0 spiro atoms. The summed E-state index contributed by atoms with van der Waals surface area (Å²) in [7, 11) is 0. The molecule has 33 nitrogen and oxygen atoms in total. The molecule has 93 heavy (non-hydrogen) atoms. The molecule has 0 bridgehead atoms. The Morgan fingerprint density at radius 1 is 0.796 bits per heavy atom. The number of primary amides is 1. The summed E-state index contributed by atoms with van der Waals surface area (Å²) in [6.07, 6.45) is -14.2. The molecule has 4 aliphatic heterocycles. The standard InChI is InChI=1S/C58H72N12O21S2/c1-25-20-69-46(47(25)77)54(84)60-19-34(72)16-36(61-50(80)30-7-5-29(6-8-30)37-24-70-58(62-37)92-55(66-70)31-9-12-33(13-10-31)67-21-26(2)88-27(3)22-67)51(81)63-43(28(4)71)56(85)68-23-35(73)17-38(68)52(82)65-45(53(83)64-44(57(69)86)40(75)18-42(59)76)49(79)48(78)32-11-14-39(74)41(15-32)89-93-91-90-87/h5-15,24-28,34-36,38,40,43-49,71-75,77-79,87H,16-23H2,1-4H3,(H2,59,76)(H,60,84)(H,61,80)(H,63,81)(H,64,83)(H,65,82)/t25?,26-,27+,28?,34?,35?,36-,38?,40?,43?,44?,45?,46?,47?,48?,49?/m0/s1. The Kier molecular flexibility index (Phi) is 22.2. The third-order valence-corrected chi connectivity index (χ3v) is 17.7. The molecule has 5 aromatic rings. The van der Waals surface area contributed by atoms with E-state index in [1.165, 1.54) is 30.4 Å². The molecular weight excluding hydrogens is 1260 g/mol. The smallest absolute Gasteiger partial charge is 0.261 e. The molecule has 4 aliphatic rings. The second-order valence-electron chi connectivity index (χ2n) is 23.4. The van der Waals surface area contributed by atoms with Gasteiger partial charge in [-0.2, -0.15) is 5.10 Å². The summed E-state index contributed by atoms with van der Waals surface area (Å²) in [5.74, 6) is -11.9. The van der Waals surface area contributed by atoms with Crippen LogP contribution in [0.2, 0.25) is 0 Å². The highest BCUT2D eigenvalue weighted by molar-refractivity contribution is 7.90. The quantitative estimate of drug-likeness (QED) is 0.0204. The highest BCUT2D eigenvalue weighted by atomic mass is 32.2. The Balaban J connectivity index is 0.991. The van der Waals surface area contributed by atoms with Gasteiger partial charge < -0.3 is 96.8 Å². The van der Waals surface area contributed by atoms with Crippen LogP contribution in [0.4, 0.5) is 5.69 Å². The van der Waals surface area contributed by atoms with Crippen molar-refractivity contribution in [2.45, 2.75) is 138 Å². The van der Waals surface area contributed by atoms with Crippen LogP contribution < -0.4 is 41.4 Å². The van der Waals surface area contributed by atoms with Gasteiger partial charge in [0.15, 0.2) is 11.5 Å². The first-order chi connectivity index (χ1) is 44.2. The van der Waals surface area contributed by atoms with E-state index in [9.17, 15) is 79.2 Å². The number of phenols is 1. The van der Waals surface area contributed by atoms with E-state index in [0.29, 0.717) is 16.2 Å². The van der Waals surface area contributed by atoms with Gasteiger partial charge in [0.2, 0.25) is 46.3 Å². The van der Waals surface area contributed by atoms with Crippen molar-refractivity contribution in [1.82, 2.24) is 51.0 Å². The third kappa shape index (κ3) is 16.1. The van der Waals surface area contributed by atoms with Crippen molar-refractivity contribution < 1.29 is 103 Å². The third-order valence-electron chi connectivity index (χ3n) is 16.3. The lowest BCUT2D eigenvalue weighted by Gasteiger charge is -2.36. The maximum absolute atomic E-state index is 14.7. The maximum Gasteiger partial charge on any atom is 0.261 e. The SMILES string of the molecule is CC(O)C1NC(=O)[C@@H](NC(=O)c2ccc(-c3cn4nc(-c5ccc(N6C[C@@H](C)O[C@@H](C)C6)cc5)sc4n3)cc2)CC(O)CNC(=O)C2C(O)C(C)CN2C(=O)C(C(O)CC(N)=O)NC(=O)C(C(O)C(O)c2ccc(O)c(OSOOO)c2)NC(=O)C2CC(O)CN2C1=O. The van der Waals surface area contributed by atoms with E-state index in [-0.39, 0.29) is 35.7 Å². The Hall–Kier alpha value is -8.17. The molecule has 3 aromatic carbocycles. The predicted molar refractivity (Wildman–Crippen MR) is 325 cm³/mol. The van der Waals surface area contributed by atoms with Crippen LogP contribution in [0.25, 0.3) is 26.8 Å². The zero-order chi connectivity index (χ0) is 67.3. The van der Waals surface area contributed by atoms with E-state index in [4.69, 9.17) is 30.0 Å². The molecule has 6 heterocycles. The van der Waals surface area contributed by atoms with Crippen molar-refractivity contribution in [3.63, 3.8) is 0 Å². The molecule has 16 N–H and O–H groups in total. The number of anilines is 1.